The van der Waals surface area contributed by atoms with Gasteiger partial charge in [-0.05, 0) is 83.7 Å². The summed E-state index contributed by atoms with van der Waals surface area (Å²) in [7, 11) is 0. The molecule has 0 amide bonds. The number of hydrogen-bond donors (Lipinski definition) is 0. The molecule has 1 aromatic carbocycles. The summed E-state index contributed by atoms with van der Waals surface area (Å²) in [6, 6.07) is 9.60. The van der Waals surface area contributed by atoms with Crippen LogP contribution in [0.5, 0.6) is 0 Å². The van der Waals surface area contributed by atoms with Crippen molar-refractivity contribution in [3.8, 4) is 0 Å². The fourth-order valence-electron chi connectivity index (χ4n) is 12.8. The number of rotatable bonds is 1. The first-order valence-electron chi connectivity index (χ1n) is 13.4. The van der Waals surface area contributed by atoms with Crippen LogP contribution in [0.2, 0.25) is 0 Å². The molecule has 2 aliphatic heterocycles. The van der Waals surface area contributed by atoms with Crippen molar-refractivity contribution in [3.05, 3.63) is 56.4 Å². The molecule has 33 heavy (non-hydrogen) atoms. The lowest BCUT2D eigenvalue weighted by Gasteiger charge is -3.02. The standard InChI is InChI=1S/C28H31N3O2/c1-25(2)14-9-10-26(25,3)16(12-14)29-23(32)30-21-17-18-20-19(17)27(21)11-8-13-6-4-5-7-15(13)28(20,27)22(18)31(30)24(29)33/h4-7,14,16-22H,8-12H2,1-3H3/t14-,16-,17+,18-,19+,20-,21-,22-,26-,27-,28+/m1/s1. The molecule has 9 aliphatic rings. The SMILES string of the molecule is CC1(C)[C@@H]2CC[C@]1(C)[C@H](n1c(=O)n3n(c1=O)[C@@H]1[C@@H]4[C@H]5[C@H]6[C@@H]4[C@@]14c1ccccc1CC[C@]64[C@@H]53)C2. The van der Waals surface area contributed by atoms with Gasteiger partial charge < -0.3 is 0 Å². The molecule has 4 bridgehead atoms. The van der Waals surface area contributed by atoms with Crippen LogP contribution in [0.25, 0.3) is 0 Å². The maximum atomic E-state index is 14.2. The molecule has 170 valence electrons. The van der Waals surface area contributed by atoms with Crippen LogP contribution < -0.4 is 11.4 Å². The van der Waals surface area contributed by atoms with Gasteiger partial charge in [0.05, 0.1) is 12.1 Å². The highest BCUT2D eigenvalue weighted by Gasteiger charge is 3.03. The summed E-state index contributed by atoms with van der Waals surface area (Å²) in [4.78, 5) is 28.4. The fraction of sp³-hybridized carbons (Fsp3) is 0.714. The molecule has 2 spiro atoms. The highest BCUT2D eigenvalue weighted by atomic mass is 16.2. The van der Waals surface area contributed by atoms with Crippen molar-refractivity contribution < 1.29 is 0 Å². The summed E-state index contributed by atoms with van der Waals surface area (Å²) in [6.07, 6.45) is 5.71. The van der Waals surface area contributed by atoms with Crippen LogP contribution >= 0.6 is 0 Å². The summed E-state index contributed by atoms with van der Waals surface area (Å²) in [5.41, 5.74) is 3.69. The molecular weight excluding hydrogens is 410 g/mol. The van der Waals surface area contributed by atoms with E-state index in [0.717, 1.165) is 31.1 Å². The van der Waals surface area contributed by atoms with Crippen LogP contribution in [-0.2, 0) is 11.8 Å². The number of hydrogen-bond acceptors (Lipinski definition) is 2. The Balaban J connectivity index is 1.24. The molecule has 3 heterocycles. The van der Waals surface area contributed by atoms with E-state index < -0.39 is 0 Å². The Morgan fingerprint density at radius 3 is 2.36 bits per heavy atom. The zero-order chi connectivity index (χ0) is 22.0. The Kier molecular flexibility index (Phi) is 2.30. The molecule has 0 unspecified atom stereocenters. The molecule has 6 fully saturated rings. The van der Waals surface area contributed by atoms with E-state index in [-0.39, 0.29) is 51.2 Å². The lowest BCUT2D eigenvalue weighted by molar-refractivity contribution is -0.522. The first kappa shape index (κ1) is 17.4. The molecule has 1 aromatic heterocycles. The number of aryl methyl sites for hydroxylation is 1. The van der Waals surface area contributed by atoms with Crippen LogP contribution in [0.3, 0.4) is 0 Å². The van der Waals surface area contributed by atoms with E-state index in [4.69, 9.17) is 0 Å². The van der Waals surface area contributed by atoms with Gasteiger partial charge in [-0.1, -0.05) is 45.0 Å². The summed E-state index contributed by atoms with van der Waals surface area (Å²) < 4.78 is 5.84. The average molecular weight is 442 g/mol. The van der Waals surface area contributed by atoms with Gasteiger partial charge in [-0.15, -0.1) is 0 Å². The van der Waals surface area contributed by atoms with E-state index in [1.165, 1.54) is 24.0 Å². The predicted molar refractivity (Wildman–Crippen MR) is 122 cm³/mol. The van der Waals surface area contributed by atoms with Gasteiger partial charge in [-0.2, -0.15) is 0 Å². The highest BCUT2D eigenvalue weighted by Crippen LogP contribution is 3.03. The Morgan fingerprint density at radius 2 is 1.64 bits per heavy atom. The second-order valence-electron chi connectivity index (χ2n) is 13.9. The molecule has 0 radical (unpaired) electrons. The van der Waals surface area contributed by atoms with Crippen LogP contribution in [0.15, 0.2) is 33.9 Å². The number of benzene rings is 1. The number of nitrogens with zero attached hydrogens (tertiary/aromatic N) is 3. The van der Waals surface area contributed by atoms with Gasteiger partial charge in [0, 0.05) is 16.9 Å². The van der Waals surface area contributed by atoms with Crippen molar-refractivity contribution in [2.24, 2.45) is 45.8 Å². The van der Waals surface area contributed by atoms with Gasteiger partial charge in [0.25, 0.3) is 0 Å². The minimum absolute atomic E-state index is 0.0165. The van der Waals surface area contributed by atoms with Crippen LogP contribution in [0.4, 0.5) is 0 Å². The Bertz CT molecular complexity index is 1480. The zero-order valence-electron chi connectivity index (χ0n) is 19.6. The van der Waals surface area contributed by atoms with E-state index in [1.807, 2.05) is 9.36 Å². The van der Waals surface area contributed by atoms with Gasteiger partial charge in [-0.25, -0.2) is 23.5 Å². The molecule has 11 atom stereocenters. The normalized spacial score (nSPS) is 55.4. The van der Waals surface area contributed by atoms with Gasteiger partial charge in [-0.3, -0.25) is 0 Å². The van der Waals surface area contributed by atoms with Gasteiger partial charge in [0.1, 0.15) is 0 Å². The number of fused-ring (bicyclic) bond motifs is 3. The second kappa shape index (κ2) is 4.35. The van der Waals surface area contributed by atoms with E-state index in [2.05, 4.69) is 45.0 Å². The maximum Gasteiger partial charge on any atom is 0.347 e. The zero-order valence-corrected chi connectivity index (χ0v) is 19.6. The van der Waals surface area contributed by atoms with Gasteiger partial charge in [0.2, 0.25) is 0 Å². The summed E-state index contributed by atoms with van der Waals surface area (Å²) in [5, 5.41) is 0. The van der Waals surface area contributed by atoms with E-state index in [9.17, 15) is 9.59 Å². The molecule has 2 aromatic rings. The first-order valence-corrected chi connectivity index (χ1v) is 13.4. The third kappa shape index (κ3) is 1.18. The Hall–Kier alpha value is -2.04. The number of aromatic nitrogens is 3. The molecule has 0 saturated heterocycles. The largest absolute Gasteiger partial charge is 0.347 e. The Labute approximate surface area is 192 Å². The lowest BCUT2D eigenvalue weighted by atomic mass is 9.04. The highest BCUT2D eigenvalue weighted by molar-refractivity contribution is 5.61. The first-order chi connectivity index (χ1) is 15.8. The third-order valence-electron chi connectivity index (χ3n) is 14.2. The van der Waals surface area contributed by atoms with Crippen molar-refractivity contribution in [2.75, 3.05) is 0 Å². The van der Waals surface area contributed by atoms with E-state index >= 15 is 0 Å². The molecule has 6 saturated carbocycles. The molecule has 0 N–H and O–H groups in total. The van der Waals surface area contributed by atoms with Gasteiger partial charge in [0.15, 0.2) is 0 Å². The van der Waals surface area contributed by atoms with Crippen molar-refractivity contribution in [2.45, 2.75) is 76.4 Å². The topological polar surface area (TPSA) is 48.9 Å². The maximum absolute atomic E-state index is 14.2. The van der Waals surface area contributed by atoms with Crippen molar-refractivity contribution >= 4 is 0 Å². The van der Waals surface area contributed by atoms with Gasteiger partial charge >= 0.3 is 11.4 Å². The molecule has 5 nitrogen and oxygen atoms in total. The summed E-state index contributed by atoms with van der Waals surface area (Å²) in [5.74, 6) is 3.49. The quantitative estimate of drug-likeness (QED) is 0.678. The molecule has 7 aliphatic carbocycles. The van der Waals surface area contributed by atoms with E-state index in [1.54, 1.807) is 4.57 Å². The molecule has 11 rings (SSSR count). The molecule has 5 heteroatoms. The van der Waals surface area contributed by atoms with Crippen molar-refractivity contribution in [1.29, 1.82) is 0 Å². The minimum Gasteiger partial charge on any atom is -0.246 e. The fourth-order valence-corrected chi connectivity index (χ4v) is 12.8. The average Bonchev–Trinajstić information content (AvgIpc) is 3.24. The molecular formula is C28H31N3O2. The van der Waals surface area contributed by atoms with E-state index in [0.29, 0.717) is 17.8 Å². The smallest absolute Gasteiger partial charge is 0.246 e. The van der Waals surface area contributed by atoms with Crippen molar-refractivity contribution in [1.82, 2.24) is 13.9 Å². The minimum atomic E-state index is 0.0165. The van der Waals surface area contributed by atoms with Crippen LogP contribution in [-0.4, -0.2) is 13.9 Å². The Morgan fingerprint density at radius 1 is 0.909 bits per heavy atom. The summed E-state index contributed by atoms with van der Waals surface area (Å²) >= 11 is 0. The second-order valence-corrected chi connectivity index (χ2v) is 13.9. The third-order valence-corrected chi connectivity index (χ3v) is 14.2. The lowest BCUT2D eigenvalue weighted by Crippen LogP contribution is -3.02. The predicted octanol–water partition coefficient (Wildman–Crippen LogP) is 3.68. The monoisotopic (exact) mass is 441 g/mol. The van der Waals surface area contributed by atoms with Crippen molar-refractivity contribution in [3.63, 3.8) is 0 Å². The van der Waals surface area contributed by atoms with Crippen LogP contribution in [0.1, 0.15) is 75.7 Å². The summed E-state index contributed by atoms with van der Waals surface area (Å²) in [6.45, 7) is 7.12. The van der Waals surface area contributed by atoms with Crippen LogP contribution in [0, 0.1) is 45.8 Å².